The third kappa shape index (κ3) is 53.4. The van der Waals surface area contributed by atoms with Crippen molar-refractivity contribution in [1.29, 1.82) is 0 Å². The van der Waals surface area contributed by atoms with Gasteiger partial charge in [-0.1, -0.05) is 0 Å². The maximum atomic E-state index is 0. The van der Waals surface area contributed by atoms with Crippen LogP contribution in [0.3, 0.4) is 0 Å². The predicted molar refractivity (Wildman–Crippen MR) is 15.6 cm³/mol. The van der Waals surface area contributed by atoms with Crippen molar-refractivity contribution in [2.75, 3.05) is 0 Å². The molecule has 7 heteroatoms. The second-order valence-corrected chi connectivity index (χ2v) is 0. The van der Waals surface area contributed by atoms with Crippen LogP contribution in [0.4, 0.5) is 0 Å². The SMILES string of the molecule is O.O.O.O.[H-].[K+].[Mn].[Ti]. The molecular formula is H9KMnO4Ti. The minimum atomic E-state index is 0. The van der Waals surface area contributed by atoms with Crippen LogP contribution in [0.2, 0.25) is 0 Å². The topological polar surface area (TPSA) is 126 Å². The summed E-state index contributed by atoms with van der Waals surface area (Å²) in [5, 5.41) is 0. The molecular weight excluding hydrogens is 206 g/mol. The first kappa shape index (κ1) is 100. The first-order chi connectivity index (χ1) is 0. The Morgan fingerprint density at radius 1 is 0.714 bits per heavy atom. The minimum Gasteiger partial charge on any atom is -1.00 e. The molecule has 0 bridgehead atoms. The second kappa shape index (κ2) is 70.5. The summed E-state index contributed by atoms with van der Waals surface area (Å²) in [5.74, 6) is 0. The fourth-order valence-electron chi connectivity index (χ4n) is 0. The zero-order valence-electron chi connectivity index (χ0n) is 4.88. The van der Waals surface area contributed by atoms with E-state index in [0.717, 1.165) is 0 Å². The molecule has 0 atom stereocenters. The summed E-state index contributed by atoms with van der Waals surface area (Å²) in [7, 11) is 0. The van der Waals surface area contributed by atoms with Gasteiger partial charge in [-0.2, -0.15) is 0 Å². The van der Waals surface area contributed by atoms with Gasteiger partial charge in [0.25, 0.3) is 0 Å². The van der Waals surface area contributed by atoms with E-state index in [1.807, 2.05) is 0 Å². The molecule has 0 aromatic carbocycles. The molecule has 0 aliphatic carbocycles. The molecule has 7 heavy (non-hydrogen) atoms. The third-order valence-electron chi connectivity index (χ3n) is 0. The molecule has 0 fully saturated rings. The van der Waals surface area contributed by atoms with E-state index in [9.17, 15) is 0 Å². The quantitative estimate of drug-likeness (QED) is 0.356. The van der Waals surface area contributed by atoms with Crippen molar-refractivity contribution >= 4 is 0 Å². The number of rotatable bonds is 0. The summed E-state index contributed by atoms with van der Waals surface area (Å²) >= 11 is 0. The van der Waals surface area contributed by atoms with Crippen molar-refractivity contribution in [2.45, 2.75) is 0 Å². The van der Waals surface area contributed by atoms with Crippen molar-refractivity contribution in [1.82, 2.24) is 0 Å². The van der Waals surface area contributed by atoms with Gasteiger partial charge in [-0.05, 0) is 0 Å². The van der Waals surface area contributed by atoms with Crippen LogP contribution in [0, 0.1) is 0 Å². The van der Waals surface area contributed by atoms with Crippen molar-refractivity contribution in [3.05, 3.63) is 0 Å². The minimum absolute atomic E-state index is 0. The van der Waals surface area contributed by atoms with Crippen LogP contribution in [-0.2, 0) is 38.8 Å². The molecule has 0 aromatic heterocycles. The monoisotopic (exact) mass is 215 g/mol. The average Bonchev–Trinajstić information content (AvgIpc) is 0. The van der Waals surface area contributed by atoms with Crippen molar-refractivity contribution in [3.8, 4) is 0 Å². The van der Waals surface area contributed by atoms with Crippen LogP contribution < -0.4 is 51.4 Å². The van der Waals surface area contributed by atoms with Crippen molar-refractivity contribution in [2.24, 2.45) is 0 Å². The smallest absolute Gasteiger partial charge is 1.00 e. The summed E-state index contributed by atoms with van der Waals surface area (Å²) < 4.78 is 0. The van der Waals surface area contributed by atoms with Gasteiger partial charge >= 0.3 is 51.4 Å². The molecule has 0 aliphatic rings. The summed E-state index contributed by atoms with van der Waals surface area (Å²) in [5.41, 5.74) is 0. The Kier molecular flexibility index (Phi) is 1010. The molecule has 1 radical (unpaired) electrons. The first-order valence-corrected chi connectivity index (χ1v) is 0. The molecule has 0 aliphatic heterocycles. The fourth-order valence-corrected chi connectivity index (χ4v) is 0. The Balaban J connectivity index is 0. The van der Waals surface area contributed by atoms with E-state index in [1.165, 1.54) is 0 Å². The van der Waals surface area contributed by atoms with E-state index in [1.54, 1.807) is 0 Å². The molecule has 0 unspecified atom stereocenters. The Bertz CT molecular complexity index is 16.0. The number of hydrogen-bond donors (Lipinski definition) is 0. The van der Waals surface area contributed by atoms with E-state index in [4.69, 9.17) is 0 Å². The molecule has 45 valence electrons. The largest absolute Gasteiger partial charge is 1.00 e. The normalized spacial score (nSPS) is 0. The molecule has 0 spiro atoms. The van der Waals surface area contributed by atoms with Gasteiger partial charge < -0.3 is 23.3 Å². The number of hydrogen-bond acceptors (Lipinski definition) is 0. The molecule has 4 nitrogen and oxygen atoms in total. The van der Waals surface area contributed by atoms with Crippen LogP contribution in [0.25, 0.3) is 0 Å². The van der Waals surface area contributed by atoms with Gasteiger partial charge in [0.05, 0.1) is 0 Å². The van der Waals surface area contributed by atoms with Gasteiger partial charge in [0, 0.05) is 38.8 Å². The molecule has 0 saturated heterocycles. The predicted octanol–water partition coefficient (Wildman–Crippen LogP) is -6.19. The van der Waals surface area contributed by atoms with Gasteiger partial charge in [-0.3, -0.25) is 0 Å². The van der Waals surface area contributed by atoms with E-state index in [-0.39, 0.29) is 114 Å². The van der Waals surface area contributed by atoms with Crippen molar-refractivity contribution < 1.29 is 114 Å². The third-order valence-corrected chi connectivity index (χ3v) is 0. The van der Waals surface area contributed by atoms with E-state index < -0.39 is 0 Å². The summed E-state index contributed by atoms with van der Waals surface area (Å²) in [6.07, 6.45) is 0. The van der Waals surface area contributed by atoms with Gasteiger partial charge in [0.2, 0.25) is 0 Å². The Morgan fingerprint density at radius 2 is 0.714 bits per heavy atom. The van der Waals surface area contributed by atoms with E-state index in [2.05, 4.69) is 0 Å². The maximum Gasteiger partial charge on any atom is 1.00 e. The Labute approximate surface area is 111 Å². The Hall–Kier alpha value is 2.71. The molecule has 0 heterocycles. The second-order valence-electron chi connectivity index (χ2n) is 0. The molecule has 0 aromatic rings. The summed E-state index contributed by atoms with van der Waals surface area (Å²) in [6, 6.07) is 0. The molecule has 0 amide bonds. The average molecular weight is 215 g/mol. The molecule has 0 rings (SSSR count). The van der Waals surface area contributed by atoms with E-state index >= 15 is 0 Å². The zero-order valence-corrected chi connectivity index (χ0v) is 9.74. The van der Waals surface area contributed by atoms with Crippen LogP contribution in [-0.4, -0.2) is 21.9 Å². The van der Waals surface area contributed by atoms with Gasteiger partial charge in [-0.25, -0.2) is 0 Å². The summed E-state index contributed by atoms with van der Waals surface area (Å²) in [6.45, 7) is 0. The fraction of sp³-hybridized carbons (Fsp3) is 0. The Morgan fingerprint density at radius 3 is 0.714 bits per heavy atom. The van der Waals surface area contributed by atoms with Crippen LogP contribution in [0.5, 0.6) is 0 Å². The van der Waals surface area contributed by atoms with Crippen LogP contribution in [0.15, 0.2) is 0 Å². The van der Waals surface area contributed by atoms with Gasteiger partial charge in [0.1, 0.15) is 0 Å². The maximum absolute atomic E-state index is 0. The standard InChI is InChI=1S/K.Mn.4H2O.Ti.H/h;;4*1H2;;/q+1;;;;;;;-1. The zero-order chi connectivity index (χ0) is 0. The van der Waals surface area contributed by atoms with Gasteiger partial charge in [0.15, 0.2) is 0 Å². The van der Waals surface area contributed by atoms with Crippen LogP contribution in [0.1, 0.15) is 1.43 Å². The summed E-state index contributed by atoms with van der Waals surface area (Å²) in [4.78, 5) is 0. The molecule has 0 saturated carbocycles. The molecule has 8 N–H and O–H groups in total. The van der Waals surface area contributed by atoms with Crippen LogP contribution >= 0.6 is 0 Å². The van der Waals surface area contributed by atoms with Crippen molar-refractivity contribution in [3.63, 3.8) is 0 Å². The first-order valence-electron chi connectivity index (χ1n) is 0. The van der Waals surface area contributed by atoms with Gasteiger partial charge in [-0.15, -0.1) is 0 Å². The van der Waals surface area contributed by atoms with E-state index in [0.29, 0.717) is 0 Å².